The molecule has 2 heterocycles. The van der Waals surface area contributed by atoms with Gasteiger partial charge in [-0.25, -0.2) is 15.0 Å². The number of carbonyl (C=O) groups excluding carboxylic acids is 1. The maximum Gasteiger partial charge on any atom is 0.182 e. The van der Waals surface area contributed by atoms with Crippen molar-refractivity contribution in [1.82, 2.24) is 19.9 Å². The van der Waals surface area contributed by atoms with Gasteiger partial charge < -0.3 is 10.3 Å². The summed E-state index contributed by atoms with van der Waals surface area (Å²) < 4.78 is 0. The van der Waals surface area contributed by atoms with E-state index in [2.05, 4.69) is 25.3 Å². The second-order valence-electron chi connectivity index (χ2n) is 4.04. The first-order valence-electron chi connectivity index (χ1n) is 5.79. The first-order valence-corrected chi connectivity index (χ1v) is 5.79. The number of carbonyl (C=O) groups is 1. The van der Waals surface area contributed by atoms with Crippen LogP contribution in [0, 0.1) is 0 Å². The maximum atomic E-state index is 10.7. The Kier molecular flexibility index (Phi) is 2.89. The Bertz CT molecular complexity index is 722. The highest BCUT2D eigenvalue weighted by Gasteiger charge is 2.05. The fourth-order valence-electron chi connectivity index (χ4n) is 1.86. The van der Waals surface area contributed by atoms with Crippen molar-refractivity contribution in [1.29, 1.82) is 0 Å². The number of aromatic amines is 1. The van der Waals surface area contributed by atoms with Crippen LogP contribution in [0.15, 0.2) is 36.9 Å². The molecule has 1 aromatic carbocycles. The van der Waals surface area contributed by atoms with E-state index in [1.54, 1.807) is 12.4 Å². The summed E-state index contributed by atoms with van der Waals surface area (Å²) in [6.45, 7) is 0.576. The molecule has 0 radical (unpaired) electrons. The van der Waals surface area contributed by atoms with Crippen LogP contribution in [0.1, 0.15) is 15.9 Å². The molecule has 0 spiro atoms. The number of nitrogens with one attached hydrogen (secondary N) is 2. The Balaban J connectivity index is 1.82. The number of aldehydes is 1. The van der Waals surface area contributed by atoms with Gasteiger partial charge in [-0.1, -0.05) is 18.2 Å². The largest absolute Gasteiger partial charge is 0.364 e. The minimum atomic E-state index is 0.576. The van der Waals surface area contributed by atoms with Gasteiger partial charge >= 0.3 is 0 Å². The lowest BCUT2D eigenvalue weighted by Gasteiger charge is -2.06. The van der Waals surface area contributed by atoms with Gasteiger partial charge in [0.15, 0.2) is 11.5 Å². The maximum absolute atomic E-state index is 10.7. The lowest BCUT2D eigenvalue weighted by molar-refractivity contribution is 0.112. The fraction of sp³-hybridized carbons (Fsp3) is 0.0769. The topological polar surface area (TPSA) is 83.6 Å². The lowest BCUT2D eigenvalue weighted by atomic mass is 10.1. The number of fused-ring (bicyclic) bond motifs is 1. The summed E-state index contributed by atoms with van der Waals surface area (Å²) in [5.41, 5.74) is 3.07. The molecule has 19 heavy (non-hydrogen) atoms. The average molecular weight is 253 g/mol. The number of rotatable bonds is 4. The van der Waals surface area contributed by atoms with Crippen molar-refractivity contribution in [2.24, 2.45) is 0 Å². The molecule has 3 aromatic rings. The van der Waals surface area contributed by atoms with Crippen molar-refractivity contribution < 1.29 is 4.79 Å². The van der Waals surface area contributed by atoms with Gasteiger partial charge in [0, 0.05) is 12.1 Å². The zero-order valence-electron chi connectivity index (χ0n) is 10.00. The number of benzene rings is 1. The van der Waals surface area contributed by atoms with Crippen LogP contribution in [0.3, 0.4) is 0 Å². The number of nitrogens with zero attached hydrogens (tertiary/aromatic N) is 3. The predicted molar refractivity (Wildman–Crippen MR) is 70.8 cm³/mol. The first kappa shape index (κ1) is 11.3. The smallest absolute Gasteiger partial charge is 0.182 e. The minimum Gasteiger partial charge on any atom is -0.364 e. The molecule has 94 valence electrons. The third-order valence-corrected chi connectivity index (χ3v) is 2.77. The number of anilines is 1. The highest BCUT2D eigenvalue weighted by atomic mass is 16.1. The molecule has 6 nitrogen and oxygen atoms in total. The molecule has 0 aliphatic rings. The molecular weight excluding hydrogens is 242 g/mol. The standard InChI is InChI=1S/C13H11N5O/c19-6-10-3-1-2-9(4-10)5-14-12-11-13(16-7-15-11)18-8-17-12/h1-4,6-8H,5H2,(H2,14,15,16,17,18). The van der Waals surface area contributed by atoms with Gasteiger partial charge in [0.25, 0.3) is 0 Å². The molecule has 0 fully saturated rings. The van der Waals surface area contributed by atoms with E-state index in [9.17, 15) is 4.79 Å². The Morgan fingerprint density at radius 3 is 3.11 bits per heavy atom. The molecule has 2 N–H and O–H groups in total. The van der Waals surface area contributed by atoms with Crippen LogP contribution >= 0.6 is 0 Å². The van der Waals surface area contributed by atoms with E-state index < -0.39 is 0 Å². The molecule has 6 heteroatoms. The molecular formula is C13H11N5O. The van der Waals surface area contributed by atoms with E-state index in [0.717, 1.165) is 17.4 Å². The summed E-state index contributed by atoms with van der Waals surface area (Å²) >= 11 is 0. The highest BCUT2D eigenvalue weighted by molar-refractivity contribution is 5.82. The van der Waals surface area contributed by atoms with Gasteiger partial charge in [-0.05, 0) is 11.6 Å². The summed E-state index contributed by atoms with van der Waals surface area (Å²) in [5, 5.41) is 3.20. The van der Waals surface area contributed by atoms with Crippen molar-refractivity contribution in [3.63, 3.8) is 0 Å². The summed E-state index contributed by atoms with van der Waals surface area (Å²) in [6.07, 6.45) is 3.88. The molecule has 2 aromatic heterocycles. The minimum absolute atomic E-state index is 0.576. The van der Waals surface area contributed by atoms with Crippen LogP contribution in [-0.4, -0.2) is 26.2 Å². The number of imidazole rings is 1. The number of aromatic nitrogens is 4. The monoisotopic (exact) mass is 253 g/mol. The molecule has 0 aliphatic heterocycles. The average Bonchev–Trinajstić information content (AvgIpc) is 2.94. The van der Waals surface area contributed by atoms with Gasteiger partial charge in [-0.3, -0.25) is 4.79 Å². The van der Waals surface area contributed by atoms with Crippen molar-refractivity contribution in [3.05, 3.63) is 48.0 Å². The third-order valence-electron chi connectivity index (χ3n) is 2.77. The number of hydrogen-bond donors (Lipinski definition) is 2. The SMILES string of the molecule is O=Cc1cccc(CNc2ncnc3nc[nH]c23)c1. The van der Waals surface area contributed by atoms with E-state index >= 15 is 0 Å². The summed E-state index contributed by atoms with van der Waals surface area (Å²) in [6, 6.07) is 7.41. The fourth-order valence-corrected chi connectivity index (χ4v) is 1.86. The number of H-pyrrole nitrogens is 1. The number of hydrogen-bond acceptors (Lipinski definition) is 5. The predicted octanol–water partition coefficient (Wildman–Crippen LogP) is 1.78. The highest BCUT2D eigenvalue weighted by Crippen LogP contribution is 2.15. The third kappa shape index (κ3) is 2.28. The molecule has 0 aliphatic carbocycles. The van der Waals surface area contributed by atoms with Crippen molar-refractivity contribution in [2.45, 2.75) is 6.54 Å². The van der Waals surface area contributed by atoms with E-state index in [1.807, 2.05) is 18.2 Å². The Morgan fingerprint density at radius 2 is 2.21 bits per heavy atom. The van der Waals surface area contributed by atoms with Crippen molar-refractivity contribution in [2.75, 3.05) is 5.32 Å². The van der Waals surface area contributed by atoms with Crippen LogP contribution < -0.4 is 5.32 Å². The summed E-state index contributed by atoms with van der Waals surface area (Å²) in [5.74, 6) is 0.694. The quantitative estimate of drug-likeness (QED) is 0.692. The summed E-state index contributed by atoms with van der Waals surface area (Å²) in [4.78, 5) is 26.0. The van der Waals surface area contributed by atoms with Gasteiger partial charge in [-0.2, -0.15) is 0 Å². The Hall–Kier alpha value is -2.76. The second kappa shape index (κ2) is 4.85. The first-order chi connectivity index (χ1) is 9.36. The van der Waals surface area contributed by atoms with Gasteiger partial charge in [0.05, 0.1) is 6.33 Å². The molecule has 0 unspecified atom stereocenters. The molecule has 0 saturated carbocycles. The lowest BCUT2D eigenvalue weighted by Crippen LogP contribution is -2.03. The second-order valence-corrected chi connectivity index (χ2v) is 4.04. The Labute approximate surface area is 108 Å². The van der Waals surface area contributed by atoms with Crippen LogP contribution in [0.4, 0.5) is 5.82 Å². The molecule has 0 amide bonds. The van der Waals surface area contributed by atoms with Crippen LogP contribution in [0.2, 0.25) is 0 Å². The van der Waals surface area contributed by atoms with Crippen molar-refractivity contribution in [3.8, 4) is 0 Å². The molecule has 3 rings (SSSR count). The van der Waals surface area contributed by atoms with Crippen molar-refractivity contribution >= 4 is 23.3 Å². The Morgan fingerprint density at radius 1 is 1.26 bits per heavy atom. The zero-order chi connectivity index (χ0) is 13.1. The van der Waals surface area contributed by atoms with Gasteiger partial charge in [-0.15, -0.1) is 0 Å². The van der Waals surface area contributed by atoms with Crippen LogP contribution in [0.5, 0.6) is 0 Å². The van der Waals surface area contributed by atoms with E-state index in [1.165, 1.54) is 6.33 Å². The van der Waals surface area contributed by atoms with E-state index in [4.69, 9.17) is 0 Å². The van der Waals surface area contributed by atoms with E-state index in [-0.39, 0.29) is 0 Å². The van der Waals surface area contributed by atoms with Gasteiger partial charge in [0.1, 0.15) is 18.1 Å². The van der Waals surface area contributed by atoms with Gasteiger partial charge in [0.2, 0.25) is 0 Å². The molecule has 0 bridgehead atoms. The molecule has 0 atom stereocenters. The van der Waals surface area contributed by atoms with E-state index in [0.29, 0.717) is 23.6 Å². The zero-order valence-corrected chi connectivity index (χ0v) is 10.00. The normalized spacial score (nSPS) is 10.5. The summed E-state index contributed by atoms with van der Waals surface area (Å²) in [7, 11) is 0. The molecule has 0 saturated heterocycles. The van der Waals surface area contributed by atoms with Crippen LogP contribution in [-0.2, 0) is 6.54 Å². The van der Waals surface area contributed by atoms with Crippen LogP contribution in [0.25, 0.3) is 11.2 Å².